The van der Waals surface area contributed by atoms with Crippen LogP contribution in [-0.4, -0.2) is 94.6 Å². The van der Waals surface area contributed by atoms with Crippen LogP contribution in [0.3, 0.4) is 0 Å². The van der Waals surface area contributed by atoms with E-state index in [1.165, 1.54) is 28.1 Å². The number of aromatic nitrogens is 3. The van der Waals surface area contributed by atoms with Gasteiger partial charge in [0, 0.05) is 44.8 Å². The van der Waals surface area contributed by atoms with E-state index in [0.29, 0.717) is 17.8 Å². The molecule has 0 aliphatic carbocycles. The zero-order valence-corrected chi connectivity index (χ0v) is 24.3. The van der Waals surface area contributed by atoms with Gasteiger partial charge in [-0.05, 0) is 50.5 Å². The molecule has 2 N–H and O–H groups in total. The third-order valence-electron chi connectivity index (χ3n) is 7.36. The van der Waals surface area contributed by atoms with Gasteiger partial charge in [-0.1, -0.05) is 0 Å². The highest BCUT2D eigenvalue weighted by Crippen LogP contribution is 2.30. The number of ether oxygens (including phenoxy) is 2. The highest BCUT2D eigenvalue weighted by atomic mass is 19.1. The lowest BCUT2D eigenvalue weighted by atomic mass is 9.95. The molecule has 2 saturated heterocycles. The molecule has 2 unspecified atom stereocenters. The van der Waals surface area contributed by atoms with Gasteiger partial charge in [-0.25, -0.2) is 23.5 Å². The van der Waals surface area contributed by atoms with E-state index in [-0.39, 0.29) is 69.1 Å². The Labute approximate surface area is 251 Å². The molecule has 2 fully saturated rings. The molecule has 15 heteroatoms. The zero-order chi connectivity index (χ0) is 31.4. The number of benzene rings is 1. The van der Waals surface area contributed by atoms with Crippen LogP contribution in [0.25, 0.3) is 5.78 Å². The van der Waals surface area contributed by atoms with Crippen LogP contribution in [0.2, 0.25) is 0 Å². The van der Waals surface area contributed by atoms with Crippen LogP contribution in [0.5, 0.6) is 0 Å². The Bertz CT molecular complexity index is 1500. The molecule has 5 rings (SSSR count). The van der Waals surface area contributed by atoms with Crippen molar-refractivity contribution in [1.29, 1.82) is 0 Å². The molecule has 234 valence electrons. The largest absolute Gasteiger partial charge is 0.460 e. The molecule has 3 aromatic rings. The van der Waals surface area contributed by atoms with Crippen molar-refractivity contribution in [3.8, 4) is 0 Å². The Balaban J connectivity index is 1.10. The van der Waals surface area contributed by atoms with Crippen LogP contribution in [0.15, 0.2) is 36.8 Å². The number of nitrogens with one attached hydrogen (secondary N) is 2. The number of nitrogens with zero attached hydrogens (tertiary/aromatic N) is 5. The Morgan fingerprint density at radius 1 is 1.11 bits per heavy atom. The summed E-state index contributed by atoms with van der Waals surface area (Å²) in [6.07, 6.45) is 3.67. The van der Waals surface area contributed by atoms with Gasteiger partial charge in [0.2, 0.25) is 11.7 Å². The van der Waals surface area contributed by atoms with Crippen LogP contribution in [-0.2, 0) is 25.5 Å². The van der Waals surface area contributed by atoms with Gasteiger partial charge in [-0.15, -0.1) is 0 Å². The fourth-order valence-electron chi connectivity index (χ4n) is 5.27. The fraction of sp³-hybridized carbons (Fsp3) is 0.448. The van der Waals surface area contributed by atoms with Crippen molar-refractivity contribution in [2.24, 2.45) is 5.92 Å². The predicted molar refractivity (Wildman–Crippen MR) is 152 cm³/mol. The van der Waals surface area contributed by atoms with Crippen LogP contribution < -0.4 is 15.5 Å². The zero-order valence-electron chi connectivity index (χ0n) is 24.3. The summed E-state index contributed by atoms with van der Waals surface area (Å²) in [6.45, 7) is 4.05. The second kappa shape index (κ2) is 13.2. The lowest BCUT2D eigenvalue weighted by Crippen LogP contribution is -2.51. The van der Waals surface area contributed by atoms with Crippen molar-refractivity contribution in [3.05, 3.63) is 59.7 Å². The number of imidazole rings is 1. The summed E-state index contributed by atoms with van der Waals surface area (Å²) in [7, 11) is 0. The summed E-state index contributed by atoms with van der Waals surface area (Å²) in [5.41, 5.74) is 0.236. The number of rotatable bonds is 9. The number of piperazine rings is 1. The number of halogens is 2. The Kier molecular flexibility index (Phi) is 9.20. The monoisotopic (exact) mass is 613 g/mol. The first kappa shape index (κ1) is 30.6. The second-order valence-corrected chi connectivity index (χ2v) is 10.9. The SMILES string of the molecule is CC(C)OC(=O)NCC1CC(Cc2cc(F)c(N3CCN(C(=O)CNC(=O)c4cn5cccnc5n4)CC3)c(F)c2)C(=O)O1. The Morgan fingerprint density at radius 2 is 1.84 bits per heavy atom. The second-order valence-electron chi connectivity index (χ2n) is 10.9. The van der Waals surface area contributed by atoms with Crippen LogP contribution in [0, 0.1) is 17.6 Å². The summed E-state index contributed by atoms with van der Waals surface area (Å²) >= 11 is 0. The van der Waals surface area contributed by atoms with E-state index < -0.39 is 41.6 Å². The van der Waals surface area contributed by atoms with Gasteiger partial charge in [0.15, 0.2) is 0 Å². The fourth-order valence-corrected chi connectivity index (χ4v) is 5.27. The number of anilines is 1. The van der Waals surface area contributed by atoms with Gasteiger partial charge in [-0.3, -0.25) is 18.8 Å². The summed E-state index contributed by atoms with van der Waals surface area (Å²) in [5.74, 6) is -3.12. The van der Waals surface area contributed by atoms with E-state index in [1.807, 2.05) is 0 Å². The number of fused-ring (bicyclic) bond motifs is 1. The van der Waals surface area contributed by atoms with Gasteiger partial charge in [-0.2, -0.15) is 0 Å². The smallest absolute Gasteiger partial charge is 0.407 e. The highest BCUT2D eigenvalue weighted by Gasteiger charge is 2.35. The predicted octanol–water partition coefficient (Wildman–Crippen LogP) is 1.69. The molecule has 2 aromatic heterocycles. The Hall–Kier alpha value is -4.82. The summed E-state index contributed by atoms with van der Waals surface area (Å²) in [6, 6.07) is 4.11. The number of amides is 3. The maximum Gasteiger partial charge on any atom is 0.407 e. The molecule has 2 atom stereocenters. The molecule has 4 heterocycles. The van der Waals surface area contributed by atoms with E-state index >= 15 is 8.78 Å². The average Bonchev–Trinajstić information content (AvgIpc) is 3.57. The van der Waals surface area contributed by atoms with Crippen molar-refractivity contribution in [2.75, 3.05) is 44.2 Å². The molecule has 2 aliphatic rings. The first-order valence-electron chi connectivity index (χ1n) is 14.3. The molecule has 3 amide bonds. The van der Waals surface area contributed by atoms with Gasteiger partial charge >= 0.3 is 12.1 Å². The van der Waals surface area contributed by atoms with Crippen molar-refractivity contribution < 1.29 is 37.4 Å². The highest BCUT2D eigenvalue weighted by molar-refractivity contribution is 5.95. The molecule has 44 heavy (non-hydrogen) atoms. The van der Waals surface area contributed by atoms with E-state index in [4.69, 9.17) is 9.47 Å². The molecule has 0 spiro atoms. The molecular formula is C29H33F2N7O6. The minimum atomic E-state index is -0.769. The molecule has 13 nitrogen and oxygen atoms in total. The van der Waals surface area contributed by atoms with E-state index in [2.05, 4.69) is 20.6 Å². The standard InChI is InChI=1S/C29H33F2N7O6/c1-17(2)43-29(42)34-14-20-13-19(27(41)44-20)10-18-11-21(30)25(22(31)12-18)37-8-6-36(7-9-37)24(39)15-33-26(40)23-16-38-5-3-4-32-28(38)35-23/h3-5,11-12,16-17,19-20H,6-10,13-15H2,1-2H3,(H,33,40)(H,34,42). The van der Waals surface area contributed by atoms with Crippen LogP contribution in [0.1, 0.15) is 36.3 Å². The number of esters is 1. The molecule has 0 saturated carbocycles. The Morgan fingerprint density at radius 3 is 2.52 bits per heavy atom. The summed E-state index contributed by atoms with van der Waals surface area (Å²) in [5, 5.41) is 5.10. The van der Waals surface area contributed by atoms with Gasteiger partial charge in [0.1, 0.15) is 29.1 Å². The van der Waals surface area contributed by atoms with Crippen molar-refractivity contribution in [3.63, 3.8) is 0 Å². The lowest BCUT2D eigenvalue weighted by molar-refractivity contribution is -0.144. The third kappa shape index (κ3) is 7.21. The molecule has 1 aromatic carbocycles. The van der Waals surface area contributed by atoms with Crippen LogP contribution >= 0.6 is 0 Å². The molecule has 0 radical (unpaired) electrons. The lowest BCUT2D eigenvalue weighted by Gasteiger charge is -2.36. The number of hydrogen-bond donors (Lipinski definition) is 2. The summed E-state index contributed by atoms with van der Waals surface area (Å²) < 4.78 is 42.2. The van der Waals surface area contributed by atoms with E-state index in [9.17, 15) is 19.2 Å². The maximum absolute atomic E-state index is 15.2. The normalized spacial score (nSPS) is 18.4. The number of hydrogen-bond acceptors (Lipinski definition) is 9. The molecule has 0 bridgehead atoms. The minimum absolute atomic E-state index is 0.0792. The van der Waals surface area contributed by atoms with Crippen molar-refractivity contribution >= 4 is 35.3 Å². The van der Waals surface area contributed by atoms with Gasteiger partial charge in [0.05, 0.1) is 25.1 Å². The first-order chi connectivity index (χ1) is 21.1. The topological polar surface area (TPSA) is 147 Å². The number of carbonyl (C=O) groups is 4. The molecular weight excluding hydrogens is 580 g/mol. The summed E-state index contributed by atoms with van der Waals surface area (Å²) in [4.78, 5) is 60.4. The van der Waals surface area contributed by atoms with Crippen molar-refractivity contribution in [1.82, 2.24) is 29.9 Å². The maximum atomic E-state index is 15.2. The minimum Gasteiger partial charge on any atom is -0.460 e. The van der Waals surface area contributed by atoms with Gasteiger partial charge < -0.3 is 29.9 Å². The van der Waals surface area contributed by atoms with E-state index in [1.54, 1.807) is 36.7 Å². The van der Waals surface area contributed by atoms with Crippen LogP contribution in [0.4, 0.5) is 19.3 Å². The number of carbonyl (C=O) groups excluding carboxylic acids is 4. The van der Waals surface area contributed by atoms with E-state index in [0.717, 1.165) is 0 Å². The van der Waals surface area contributed by atoms with Gasteiger partial charge in [0.25, 0.3) is 5.91 Å². The quantitative estimate of drug-likeness (QED) is 0.344. The number of cyclic esters (lactones) is 1. The first-order valence-corrected chi connectivity index (χ1v) is 14.3. The number of alkyl carbamates (subject to hydrolysis) is 1. The molecule has 2 aliphatic heterocycles. The third-order valence-corrected chi connectivity index (χ3v) is 7.36. The average molecular weight is 614 g/mol. The van der Waals surface area contributed by atoms with Crippen molar-refractivity contribution in [2.45, 2.75) is 38.9 Å².